The highest BCUT2D eigenvalue weighted by Gasteiger charge is 2.15. The molecule has 1 atom stereocenters. The van der Waals surface area contributed by atoms with Crippen molar-refractivity contribution < 1.29 is 9.53 Å². The van der Waals surface area contributed by atoms with Crippen LogP contribution >= 0.6 is 11.8 Å². The molecular formula is C22H25N3O3S. The predicted octanol–water partition coefficient (Wildman–Crippen LogP) is 3.19. The van der Waals surface area contributed by atoms with E-state index in [1.165, 1.54) is 17.3 Å². The average Bonchev–Trinajstić information content (AvgIpc) is 2.73. The smallest absolute Gasteiger partial charge is 0.266 e. The number of carbonyl (C=O) groups excluding carboxylic acids is 1. The zero-order chi connectivity index (χ0) is 20.8. The molecule has 7 heteroatoms. The number of methoxy groups -OCH3 is 1. The maximum atomic E-state index is 13.2. The van der Waals surface area contributed by atoms with Gasteiger partial charge in [-0.3, -0.25) is 14.2 Å². The second-order valence-corrected chi connectivity index (χ2v) is 7.73. The molecule has 0 spiro atoms. The molecule has 1 aromatic heterocycles. The predicted molar refractivity (Wildman–Crippen MR) is 117 cm³/mol. The van der Waals surface area contributed by atoms with Crippen molar-refractivity contribution in [3.05, 3.63) is 64.4 Å². The summed E-state index contributed by atoms with van der Waals surface area (Å²) in [6, 6.07) is 15.0. The number of aryl methyl sites for hydroxylation is 1. The summed E-state index contributed by atoms with van der Waals surface area (Å²) >= 11 is 1.25. The van der Waals surface area contributed by atoms with E-state index >= 15 is 0 Å². The van der Waals surface area contributed by atoms with Crippen LogP contribution in [0.3, 0.4) is 0 Å². The van der Waals surface area contributed by atoms with Crippen molar-refractivity contribution >= 4 is 28.6 Å². The average molecular weight is 412 g/mol. The molecule has 152 valence electrons. The van der Waals surface area contributed by atoms with Crippen molar-refractivity contribution in [2.24, 2.45) is 0 Å². The van der Waals surface area contributed by atoms with Crippen LogP contribution in [0.25, 0.3) is 16.6 Å². The highest BCUT2D eigenvalue weighted by Crippen LogP contribution is 2.21. The Morgan fingerprint density at radius 1 is 1.21 bits per heavy atom. The molecule has 0 aliphatic heterocycles. The second kappa shape index (κ2) is 9.71. The molecule has 0 fully saturated rings. The number of para-hydroxylation sites is 1. The highest BCUT2D eigenvalue weighted by atomic mass is 32.2. The molecule has 2 aromatic carbocycles. The van der Waals surface area contributed by atoms with Gasteiger partial charge < -0.3 is 10.1 Å². The van der Waals surface area contributed by atoms with Gasteiger partial charge in [-0.2, -0.15) is 0 Å². The molecule has 0 aliphatic rings. The molecule has 1 amide bonds. The van der Waals surface area contributed by atoms with Gasteiger partial charge in [0.25, 0.3) is 5.56 Å². The summed E-state index contributed by atoms with van der Waals surface area (Å²) in [5.74, 6) is 0.0288. The number of benzene rings is 2. The van der Waals surface area contributed by atoms with Gasteiger partial charge in [0.05, 0.1) is 29.0 Å². The zero-order valence-electron chi connectivity index (χ0n) is 16.8. The molecule has 0 radical (unpaired) electrons. The Bertz CT molecular complexity index is 1050. The van der Waals surface area contributed by atoms with Crippen LogP contribution in [0.5, 0.6) is 0 Å². The van der Waals surface area contributed by atoms with E-state index in [0.29, 0.717) is 22.7 Å². The van der Waals surface area contributed by atoms with Crippen molar-refractivity contribution in [1.29, 1.82) is 0 Å². The van der Waals surface area contributed by atoms with Crippen LogP contribution < -0.4 is 10.9 Å². The van der Waals surface area contributed by atoms with Gasteiger partial charge in [0.15, 0.2) is 5.16 Å². The number of hydrogen-bond donors (Lipinski definition) is 1. The van der Waals surface area contributed by atoms with Crippen LogP contribution in [0.1, 0.15) is 19.4 Å². The lowest BCUT2D eigenvalue weighted by Crippen LogP contribution is -2.36. The van der Waals surface area contributed by atoms with Crippen LogP contribution in [0, 0.1) is 0 Å². The molecule has 0 bridgehead atoms. The molecular weight excluding hydrogens is 386 g/mol. The monoisotopic (exact) mass is 411 g/mol. The summed E-state index contributed by atoms with van der Waals surface area (Å²) in [4.78, 5) is 30.1. The van der Waals surface area contributed by atoms with Gasteiger partial charge in [0, 0.05) is 13.2 Å². The maximum absolute atomic E-state index is 13.2. The minimum absolute atomic E-state index is 0.0820. The Balaban J connectivity index is 1.96. The van der Waals surface area contributed by atoms with Crippen LogP contribution in [0.15, 0.2) is 58.5 Å². The molecule has 0 saturated carbocycles. The lowest BCUT2D eigenvalue weighted by Gasteiger charge is -2.15. The first kappa shape index (κ1) is 21.1. The van der Waals surface area contributed by atoms with Gasteiger partial charge >= 0.3 is 0 Å². The fraction of sp³-hybridized carbons (Fsp3) is 0.318. The maximum Gasteiger partial charge on any atom is 0.266 e. The molecule has 1 heterocycles. The number of amides is 1. The van der Waals surface area contributed by atoms with Crippen molar-refractivity contribution in [2.45, 2.75) is 31.5 Å². The fourth-order valence-electron chi connectivity index (χ4n) is 3.06. The number of aromatic nitrogens is 2. The first-order valence-corrected chi connectivity index (χ1v) is 10.5. The van der Waals surface area contributed by atoms with Crippen LogP contribution in [-0.4, -0.2) is 41.0 Å². The number of rotatable bonds is 8. The third-order valence-electron chi connectivity index (χ3n) is 4.50. The van der Waals surface area contributed by atoms with Gasteiger partial charge in [-0.05, 0) is 43.2 Å². The third-order valence-corrected chi connectivity index (χ3v) is 5.44. The van der Waals surface area contributed by atoms with Crippen molar-refractivity contribution in [2.75, 3.05) is 19.5 Å². The molecule has 1 N–H and O–H groups in total. The van der Waals surface area contributed by atoms with E-state index in [9.17, 15) is 9.59 Å². The third kappa shape index (κ3) is 5.05. The number of thioether (sulfide) groups is 1. The Morgan fingerprint density at radius 2 is 1.93 bits per heavy atom. The number of hydrogen-bond acceptors (Lipinski definition) is 5. The normalized spacial score (nSPS) is 12.1. The highest BCUT2D eigenvalue weighted by molar-refractivity contribution is 7.99. The first-order valence-electron chi connectivity index (χ1n) is 9.55. The standard InChI is InChI=1S/C22H25N3O3S/c1-4-16-9-11-17(12-10-16)25-21(27)18-7-5-6-8-19(18)24-22(25)29-14-20(26)23-15(2)13-28-3/h5-12,15H,4,13-14H2,1-3H3,(H,23,26). The Kier molecular flexibility index (Phi) is 7.06. The van der Waals surface area contributed by atoms with Gasteiger partial charge in [0.1, 0.15) is 0 Å². The molecule has 6 nitrogen and oxygen atoms in total. The molecule has 0 saturated heterocycles. The topological polar surface area (TPSA) is 73.2 Å². The molecule has 0 aliphatic carbocycles. The van der Waals surface area contributed by atoms with Gasteiger partial charge in [-0.1, -0.05) is 43.0 Å². The summed E-state index contributed by atoms with van der Waals surface area (Å²) in [5.41, 5.74) is 2.41. The Labute approximate surface area is 174 Å². The molecule has 3 aromatic rings. The molecule has 3 rings (SSSR count). The number of nitrogens with zero attached hydrogens (tertiary/aromatic N) is 2. The molecule has 29 heavy (non-hydrogen) atoms. The summed E-state index contributed by atoms with van der Waals surface area (Å²) < 4.78 is 6.63. The Hall–Kier alpha value is -2.64. The first-order chi connectivity index (χ1) is 14.0. The summed E-state index contributed by atoms with van der Waals surface area (Å²) in [6.45, 7) is 4.41. The summed E-state index contributed by atoms with van der Waals surface area (Å²) in [6.07, 6.45) is 0.923. The fourth-order valence-corrected chi connectivity index (χ4v) is 3.88. The number of carbonyl (C=O) groups is 1. The van der Waals surface area contributed by atoms with Gasteiger partial charge in [-0.15, -0.1) is 0 Å². The van der Waals surface area contributed by atoms with E-state index in [1.54, 1.807) is 17.7 Å². The number of nitrogens with one attached hydrogen (secondary N) is 1. The summed E-state index contributed by atoms with van der Waals surface area (Å²) in [7, 11) is 1.60. The van der Waals surface area contributed by atoms with Crippen molar-refractivity contribution in [3.8, 4) is 5.69 Å². The van der Waals surface area contributed by atoms with E-state index < -0.39 is 0 Å². The van der Waals surface area contributed by atoms with Gasteiger partial charge in [-0.25, -0.2) is 4.98 Å². The number of ether oxygens (including phenoxy) is 1. The molecule has 1 unspecified atom stereocenters. The lowest BCUT2D eigenvalue weighted by molar-refractivity contribution is -0.119. The van der Waals surface area contributed by atoms with E-state index in [2.05, 4.69) is 17.2 Å². The number of fused-ring (bicyclic) bond motifs is 1. The van der Waals surface area contributed by atoms with Crippen molar-refractivity contribution in [1.82, 2.24) is 14.9 Å². The quantitative estimate of drug-likeness (QED) is 0.455. The largest absolute Gasteiger partial charge is 0.383 e. The van der Waals surface area contributed by atoms with E-state index in [-0.39, 0.29) is 23.3 Å². The second-order valence-electron chi connectivity index (χ2n) is 6.78. The minimum Gasteiger partial charge on any atom is -0.383 e. The Morgan fingerprint density at radius 3 is 2.62 bits per heavy atom. The minimum atomic E-state index is -0.143. The van der Waals surface area contributed by atoms with Crippen molar-refractivity contribution in [3.63, 3.8) is 0 Å². The van der Waals surface area contributed by atoms with E-state index in [1.807, 2.05) is 49.4 Å². The van der Waals surface area contributed by atoms with Crippen LogP contribution in [0.2, 0.25) is 0 Å². The SMILES string of the molecule is CCc1ccc(-n2c(SCC(=O)NC(C)COC)nc3ccccc3c2=O)cc1. The lowest BCUT2D eigenvalue weighted by atomic mass is 10.1. The van der Waals surface area contributed by atoms with E-state index in [4.69, 9.17) is 4.74 Å². The van der Waals surface area contributed by atoms with E-state index in [0.717, 1.165) is 12.1 Å². The van der Waals surface area contributed by atoms with Crippen LogP contribution in [-0.2, 0) is 16.0 Å². The van der Waals surface area contributed by atoms with Gasteiger partial charge in [0.2, 0.25) is 5.91 Å². The zero-order valence-corrected chi connectivity index (χ0v) is 17.7. The summed E-state index contributed by atoms with van der Waals surface area (Å²) in [5, 5.41) is 3.92. The van der Waals surface area contributed by atoms with Crippen LogP contribution in [0.4, 0.5) is 0 Å².